The van der Waals surface area contributed by atoms with Crippen molar-refractivity contribution in [2.24, 2.45) is 0 Å². The number of likely N-dealkylation sites (tertiary alicyclic amines) is 1. The van der Waals surface area contributed by atoms with Crippen molar-refractivity contribution in [2.45, 2.75) is 35.7 Å². The van der Waals surface area contributed by atoms with Crippen LogP contribution in [0.1, 0.15) is 28.9 Å². The Hall–Kier alpha value is -2.65. The van der Waals surface area contributed by atoms with Gasteiger partial charge in [-0.2, -0.15) is 0 Å². The van der Waals surface area contributed by atoms with Crippen molar-refractivity contribution in [1.82, 2.24) is 9.88 Å². The molecule has 0 aliphatic carbocycles. The largest absolute Gasteiger partial charge is 0.476 e. The zero-order chi connectivity index (χ0) is 24.8. The molecule has 2 heterocycles. The molecule has 0 radical (unpaired) electrons. The van der Waals surface area contributed by atoms with Gasteiger partial charge in [0.1, 0.15) is 0 Å². The molecule has 35 heavy (non-hydrogen) atoms. The first-order valence-corrected chi connectivity index (χ1v) is 13.5. The van der Waals surface area contributed by atoms with Gasteiger partial charge in [0.05, 0.1) is 12.1 Å². The minimum absolute atomic E-state index is 0.0447. The topological polar surface area (TPSA) is 90.7 Å². The van der Waals surface area contributed by atoms with E-state index in [4.69, 9.17) is 16.7 Å². The van der Waals surface area contributed by atoms with Crippen molar-refractivity contribution in [2.75, 3.05) is 12.3 Å². The number of carboxylic acids is 1. The molecule has 2 N–H and O–H groups in total. The van der Waals surface area contributed by atoms with Crippen LogP contribution in [-0.4, -0.2) is 56.4 Å². The SMILES string of the molecule is O=C(O)c1csc(SCCN2C(=O)CC[C@@H]2/C=C/[C@@H](O)Cc2cccc(-c3ccc(Cl)cc3)c2)n1. The van der Waals surface area contributed by atoms with E-state index >= 15 is 0 Å². The Kier molecular flexibility index (Phi) is 8.62. The lowest BCUT2D eigenvalue weighted by molar-refractivity contribution is -0.128. The van der Waals surface area contributed by atoms with Crippen LogP contribution in [0, 0.1) is 0 Å². The number of aromatic nitrogens is 1. The summed E-state index contributed by atoms with van der Waals surface area (Å²) in [5.41, 5.74) is 3.20. The van der Waals surface area contributed by atoms with Gasteiger partial charge in [0.15, 0.2) is 10.0 Å². The highest BCUT2D eigenvalue weighted by molar-refractivity contribution is 8.01. The molecular weight excluding hydrogens is 504 g/mol. The van der Waals surface area contributed by atoms with Crippen molar-refractivity contribution in [3.8, 4) is 11.1 Å². The second kappa shape index (κ2) is 11.9. The quantitative estimate of drug-likeness (QED) is 0.270. The van der Waals surface area contributed by atoms with Gasteiger partial charge in [-0.3, -0.25) is 4.79 Å². The summed E-state index contributed by atoms with van der Waals surface area (Å²) in [6.45, 7) is 0.541. The minimum Gasteiger partial charge on any atom is -0.476 e. The summed E-state index contributed by atoms with van der Waals surface area (Å²) in [7, 11) is 0. The number of hydrogen-bond donors (Lipinski definition) is 2. The van der Waals surface area contributed by atoms with Crippen LogP contribution in [-0.2, 0) is 11.2 Å². The molecule has 1 saturated heterocycles. The van der Waals surface area contributed by atoms with E-state index in [1.54, 1.807) is 6.08 Å². The highest BCUT2D eigenvalue weighted by Gasteiger charge is 2.28. The molecule has 0 saturated carbocycles. The van der Waals surface area contributed by atoms with Crippen molar-refractivity contribution < 1.29 is 19.8 Å². The number of carbonyl (C=O) groups is 2. The lowest BCUT2D eigenvalue weighted by atomic mass is 10.00. The van der Waals surface area contributed by atoms with Gasteiger partial charge in [0, 0.05) is 35.5 Å². The van der Waals surface area contributed by atoms with Crippen LogP contribution in [0.2, 0.25) is 5.02 Å². The van der Waals surface area contributed by atoms with E-state index in [1.807, 2.05) is 53.4 Å². The molecule has 2 aromatic carbocycles. The predicted octanol–water partition coefficient (Wildman–Crippen LogP) is 5.40. The molecule has 182 valence electrons. The van der Waals surface area contributed by atoms with Crippen molar-refractivity contribution >= 4 is 46.6 Å². The summed E-state index contributed by atoms with van der Waals surface area (Å²) in [6, 6.07) is 15.7. The smallest absolute Gasteiger partial charge is 0.355 e. The maximum Gasteiger partial charge on any atom is 0.355 e. The number of aromatic carboxylic acids is 1. The van der Waals surface area contributed by atoms with Crippen molar-refractivity contribution in [1.29, 1.82) is 0 Å². The molecule has 1 aliphatic rings. The van der Waals surface area contributed by atoms with Crippen LogP contribution >= 0.6 is 34.7 Å². The number of amides is 1. The van der Waals surface area contributed by atoms with Gasteiger partial charge in [-0.25, -0.2) is 9.78 Å². The number of thiazole rings is 1. The van der Waals surface area contributed by atoms with Crippen LogP contribution in [0.3, 0.4) is 0 Å². The molecule has 1 aromatic heterocycles. The number of carbonyl (C=O) groups excluding carboxylic acids is 1. The fourth-order valence-corrected chi connectivity index (χ4v) is 5.92. The van der Waals surface area contributed by atoms with Gasteiger partial charge in [-0.15, -0.1) is 11.3 Å². The van der Waals surface area contributed by atoms with E-state index in [2.05, 4.69) is 11.1 Å². The Labute approximate surface area is 217 Å². The highest BCUT2D eigenvalue weighted by Crippen LogP contribution is 2.26. The number of carboxylic acid groups (broad SMARTS) is 1. The number of aliphatic hydroxyl groups is 1. The van der Waals surface area contributed by atoms with Crippen LogP contribution < -0.4 is 0 Å². The number of nitrogens with zero attached hydrogens (tertiary/aromatic N) is 2. The van der Waals surface area contributed by atoms with Gasteiger partial charge in [-0.1, -0.05) is 71.9 Å². The molecule has 1 amide bonds. The van der Waals surface area contributed by atoms with Crippen LogP contribution in [0.15, 0.2) is 70.4 Å². The first kappa shape index (κ1) is 25.4. The van der Waals surface area contributed by atoms with Gasteiger partial charge in [-0.05, 0) is 35.2 Å². The van der Waals surface area contributed by atoms with Gasteiger partial charge in [0.25, 0.3) is 0 Å². The third kappa shape index (κ3) is 6.95. The van der Waals surface area contributed by atoms with Crippen LogP contribution in [0.25, 0.3) is 11.1 Å². The molecule has 1 fully saturated rings. The Morgan fingerprint density at radius 3 is 2.80 bits per heavy atom. The lowest BCUT2D eigenvalue weighted by Gasteiger charge is -2.22. The van der Waals surface area contributed by atoms with E-state index in [9.17, 15) is 14.7 Å². The van der Waals surface area contributed by atoms with E-state index in [0.717, 1.165) is 23.1 Å². The summed E-state index contributed by atoms with van der Waals surface area (Å²) >= 11 is 8.72. The highest BCUT2D eigenvalue weighted by atomic mass is 35.5. The zero-order valence-corrected chi connectivity index (χ0v) is 21.2. The molecule has 3 aromatic rings. The zero-order valence-electron chi connectivity index (χ0n) is 18.8. The minimum atomic E-state index is -1.04. The number of hydrogen-bond acceptors (Lipinski definition) is 6. The first-order chi connectivity index (χ1) is 16.9. The second-order valence-corrected chi connectivity index (χ2v) is 10.8. The maximum atomic E-state index is 12.4. The van der Waals surface area contributed by atoms with E-state index in [-0.39, 0.29) is 17.6 Å². The van der Waals surface area contributed by atoms with Gasteiger partial charge < -0.3 is 15.1 Å². The number of aliphatic hydroxyl groups excluding tert-OH is 1. The fraction of sp³-hybridized carbons (Fsp3) is 0.269. The van der Waals surface area contributed by atoms with E-state index in [0.29, 0.717) is 34.5 Å². The van der Waals surface area contributed by atoms with Gasteiger partial charge >= 0.3 is 5.97 Å². The third-order valence-electron chi connectivity index (χ3n) is 5.74. The van der Waals surface area contributed by atoms with E-state index in [1.165, 1.54) is 28.5 Å². The molecular formula is C26H25ClN2O4S2. The molecule has 0 unspecified atom stereocenters. The van der Waals surface area contributed by atoms with Crippen molar-refractivity contribution in [3.05, 3.63) is 82.3 Å². The maximum absolute atomic E-state index is 12.4. The number of benzene rings is 2. The molecule has 0 spiro atoms. The Morgan fingerprint density at radius 2 is 2.06 bits per heavy atom. The summed E-state index contributed by atoms with van der Waals surface area (Å²) in [6.07, 6.45) is 4.73. The normalized spacial score (nSPS) is 16.8. The average molecular weight is 529 g/mol. The summed E-state index contributed by atoms with van der Waals surface area (Å²) in [5.74, 6) is -0.318. The molecule has 4 rings (SSSR count). The Balaban J connectivity index is 1.31. The monoisotopic (exact) mass is 528 g/mol. The summed E-state index contributed by atoms with van der Waals surface area (Å²) in [5, 5.41) is 21.8. The average Bonchev–Trinajstić information content (AvgIpc) is 3.46. The Morgan fingerprint density at radius 1 is 1.26 bits per heavy atom. The van der Waals surface area contributed by atoms with E-state index < -0.39 is 12.1 Å². The molecule has 6 nitrogen and oxygen atoms in total. The van der Waals surface area contributed by atoms with Crippen molar-refractivity contribution in [3.63, 3.8) is 0 Å². The molecule has 9 heteroatoms. The third-order valence-corrected chi connectivity index (χ3v) is 7.99. The van der Waals surface area contributed by atoms with Crippen LogP contribution in [0.5, 0.6) is 0 Å². The Bertz CT molecular complexity index is 1210. The second-order valence-electron chi connectivity index (χ2n) is 8.21. The van der Waals surface area contributed by atoms with Crippen LogP contribution in [0.4, 0.5) is 0 Å². The fourth-order valence-electron chi connectivity index (χ4n) is 3.99. The molecule has 1 aliphatic heterocycles. The lowest BCUT2D eigenvalue weighted by Crippen LogP contribution is -2.33. The first-order valence-electron chi connectivity index (χ1n) is 11.2. The predicted molar refractivity (Wildman–Crippen MR) is 140 cm³/mol. The number of thioether (sulfide) groups is 1. The summed E-state index contributed by atoms with van der Waals surface area (Å²) in [4.78, 5) is 29.2. The standard InChI is InChI=1S/C26H25ClN2O4S2/c27-20-6-4-18(5-7-20)19-3-1-2-17(14-19)15-22(30)10-8-21-9-11-24(31)29(21)12-13-34-26-28-23(16-35-26)25(32)33/h1-8,10,14,16,21-22,30H,9,11-13,15H2,(H,32,33)/b10-8+/t21-,22+/m0/s1. The number of rotatable bonds is 10. The number of halogens is 1. The molecule has 0 bridgehead atoms. The molecule has 2 atom stereocenters. The summed E-state index contributed by atoms with van der Waals surface area (Å²) < 4.78 is 0.678. The van der Waals surface area contributed by atoms with Gasteiger partial charge in [0.2, 0.25) is 5.91 Å².